The summed E-state index contributed by atoms with van der Waals surface area (Å²) < 4.78 is 13.2. The van der Waals surface area contributed by atoms with E-state index in [9.17, 15) is 14.0 Å². The lowest BCUT2D eigenvalue weighted by molar-refractivity contribution is -0.144. The van der Waals surface area contributed by atoms with Crippen LogP contribution in [0.25, 0.3) is 6.08 Å². The minimum absolute atomic E-state index is 0.276. The van der Waals surface area contributed by atoms with Gasteiger partial charge in [0.2, 0.25) is 0 Å². The lowest BCUT2D eigenvalue weighted by atomic mass is 10.2. The molecule has 1 heterocycles. The number of anilines is 1. The number of halogens is 1. The molecule has 3 rings (SSSR count). The molecular formula is C21H22FN3O2. The molecule has 2 aromatic rings. The molecule has 1 N–H and O–H groups in total. The molecule has 2 aromatic carbocycles. The second-order valence-electron chi connectivity index (χ2n) is 6.37. The van der Waals surface area contributed by atoms with Crippen LogP contribution in [0.2, 0.25) is 0 Å². The third kappa shape index (κ3) is 5.49. The van der Waals surface area contributed by atoms with Crippen molar-refractivity contribution < 1.29 is 14.0 Å². The first-order valence-electron chi connectivity index (χ1n) is 8.91. The summed E-state index contributed by atoms with van der Waals surface area (Å²) in [6.07, 6.45) is 4.17. The minimum Gasteiger partial charge on any atom is -0.332 e. The molecular weight excluding hydrogens is 345 g/mol. The summed E-state index contributed by atoms with van der Waals surface area (Å²) in [5, 5.41) is 2.45. The maximum absolute atomic E-state index is 13.2. The van der Waals surface area contributed by atoms with Crippen LogP contribution in [0.3, 0.4) is 0 Å². The fraction of sp³-hybridized carbons (Fsp3) is 0.238. The van der Waals surface area contributed by atoms with E-state index in [1.165, 1.54) is 23.1 Å². The van der Waals surface area contributed by atoms with Crippen molar-refractivity contribution in [2.45, 2.75) is 0 Å². The predicted molar refractivity (Wildman–Crippen MR) is 104 cm³/mol. The van der Waals surface area contributed by atoms with E-state index < -0.39 is 17.6 Å². The number of carbonyl (C=O) groups is 2. The van der Waals surface area contributed by atoms with Gasteiger partial charge in [-0.3, -0.25) is 14.5 Å². The molecule has 0 aliphatic carbocycles. The molecule has 0 aromatic heterocycles. The normalized spacial score (nSPS) is 15.1. The van der Waals surface area contributed by atoms with Gasteiger partial charge in [-0.1, -0.05) is 48.6 Å². The topological polar surface area (TPSA) is 52.7 Å². The number of nitrogens with zero attached hydrogens (tertiary/aromatic N) is 2. The lowest BCUT2D eigenvalue weighted by Gasteiger charge is -2.33. The number of nitrogens with one attached hydrogen (secondary N) is 1. The van der Waals surface area contributed by atoms with Crippen LogP contribution in [-0.4, -0.2) is 54.3 Å². The molecule has 6 heteroatoms. The highest BCUT2D eigenvalue weighted by atomic mass is 19.1. The summed E-state index contributed by atoms with van der Waals surface area (Å²) in [7, 11) is 0. The molecule has 1 aliphatic rings. The van der Waals surface area contributed by atoms with E-state index in [1.807, 2.05) is 30.3 Å². The molecule has 1 fully saturated rings. The van der Waals surface area contributed by atoms with Crippen LogP contribution in [0.5, 0.6) is 0 Å². The Bertz CT molecular complexity index is 815. The van der Waals surface area contributed by atoms with Gasteiger partial charge in [0.25, 0.3) is 0 Å². The van der Waals surface area contributed by atoms with Crippen molar-refractivity contribution in [2.24, 2.45) is 0 Å². The van der Waals surface area contributed by atoms with Crippen molar-refractivity contribution in [1.82, 2.24) is 9.80 Å². The fourth-order valence-corrected chi connectivity index (χ4v) is 2.93. The molecule has 1 aliphatic heterocycles. The van der Waals surface area contributed by atoms with Crippen LogP contribution in [0, 0.1) is 5.82 Å². The van der Waals surface area contributed by atoms with Crippen LogP contribution in [-0.2, 0) is 9.59 Å². The first-order valence-corrected chi connectivity index (χ1v) is 8.91. The molecule has 1 saturated heterocycles. The number of hydrogen-bond acceptors (Lipinski definition) is 3. The van der Waals surface area contributed by atoms with Gasteiger partial charge in [-0.2, -0.15) is 0 Å². The van der Waals surface area contributed by atoms with Gasteiger partial charge in [-0.05, 0) is 23.8 Å². The van der Waals surface area contributed by atoms with E-state index in [2.05, 4.69) is 22.4 Å². The van der Waals surface area contributed by atoms with E-state index in [0.29, 0.717) is 26.2 Å². The summed E-state index contributed by atoms with van der Waals surface area (Å²) in [6, 6.07) is 15.6. The zero-order valence-electron chi connectivity index (χ0n) is 15.0. The van der Waals surface area contributed by atoms with Crippen molar-refractivity contribution in [3.05, 3.63) is 72.1 Å². The maximum atomic E-state index is 13.2. The Morgan fingerprint density at radius 3 is 2.44 bits per heavy atom. The van der Waals surface area contributed by atoms with E-state index in [0.717, 1.165) is 12.1 Å². The highest BCUT2D eigenvalue weighted by molar-refractivity contribution is 6.39. The molecule has 0 radical (unpaired) electrons. The smallest absolute Gasteiger partial charge is 0.313 e. The van der Waals surface area contributed by atoms with Crippen LogP contribution in [0.15, 0.2) is 60.7 Å². The van der Waals surface area contributed by atoms with Crippen molar-refractivity contribution in [3.8, 4) is 0 Å². The summed E-state index contributed by atoms with van der Waals surface area (Å²) in [4.78, 5) is 28.1. The molecule has 0 saturated carbocycles. The monoisotopic (exact) mass is 367 g/mol. The Labute approximate surface area is 158 Å². The van der Waals surface area contributed by atoms with Gasteiger partial charge in [-0.15, -0.1) is 0 Å². The van der Waals surface area contributed by atoms with Gasteiger partial charge in [0.1, 0.15) is 5.82 Å². The first-order chi connectivity index (χ1) is 13.1. The average Bonchev–Trinajstić information content (AvgIpc) is 2.69. The highest BCUT2D eigenvalue weighted by Gasteiger charge is 2.25. The first kappa shape index (κ1) is 18.8. The molecule has 0 unspecified atom stereocenters. The maximum Gasteiger partial charge on any atom is 0.313 e. The Balaban J connectivity index is 1.44. The predicted octanol–water partition coefficient (Wildman–Crippen LogP) is 2.62. The number of benzene rings is 2. The second kappa shape index (κ2) is 9.09. The van der Waals surface area contributed by atoms with E-state index in [4.69, 9.17) is 0 Å². The fourth-order valence-electron chi connectivity index (χ4n) is 2.93. The van der Waals surface area contributed by atoms with Crippen LogP contribution < -0.4 is 5.32 Å². The van der Waals surface area contributed by atoms with Gasteiger partial charge >= 0.3 is 11.8 Å². The number of piperazine rings is 1. The Morgan fingerprint density at radius 1 is 1.00 bits per heavy atom. The average molecular weight is 367 g/mol. The van der Waals surface area contributed by atoms with Crippen LogP contribution >= 0.6 is 0 Å². The van der Waals surface area contributed by atoms with Gasteiger partial charge in [0.05, 0.1) is 0 Å². The summed E-state index contributed by atoms with van der Waals surface area (Å²) in [6.45, 7) is 3.20. The SMILES string of the molecule is O=C(Nc1cccc(F)c1)C(=O)N1CCN(C/C=C/c2ccccc2)CC1. The minimum atomic E-state index is -0.738. The molecule has 0 bridgehead atoms. The third-order valence-corrected chi connectivity index (χ3v) is 4.41. The van der Waals surface area contributed by atoms with E-state index in [-0.39, 0.29) is 5.69 Å². The molecule has 2 amide bonds. The van der Waals surface area contributed by atoms with E-state index in [1.54, 1.807) is 6.07 Å². The third-order valence-electron chi connectivity index (χ3n) is 4.41. The Morgan fingerprint density at radius 2 is 1.74 bits per heavy atom. The summed E-state index contributed by atoms with van der Waals surface area (Å²) in [5.74, 6) is -1.78. The summed E-state index contributed by atoms with van der Waals surface area (Å²) >= 11 is 0. The van der Waals surface area contributed by atoms with Crippen molar-refractivity contribution in [2.75, 3.05) is 38.0 Å². The molecule has 0 spiro atoms. The second-order valence-corrected chi connectivity index (χ2v) is 6.37. The van der Waals surface area contributed by atoms with Gasteiger partial charge in [0, 0.05) is 38.4 Å². The van der Waals surface area contributed by atoms with Gasteiger partial charge < -0.3 is 10.2 Å². The van der Waals surface area contributed by atoms with Crippen molar-refractivity contribution in [1.29, 1.82) is 0 Å². The molecule has 27 heavy (non-hydrogen) atoms. The lowest BCUT2D eigenvalue weighted by Crippen LogP contribution is -2.51. The number of rotatable bonds is 4. The Kier molecular flexibility index (Phi) is 6.33. The zero-order valence-corrected chi connectivity index (χ0v) is 15.0. The zero-order chi connectivity index (χ0) is 19.1. The quantitative estimate of drug-likeness (QED) is 0.846. The standard InChI is InChI=1S/C21H22FN3O2/c22-18-9-4-10-19(16-18)23-20(26)21(27)25-14-12-24(13-15-25)11-5-8-17-6-2-1-3-7-17/h1-10,16H,11-15H2,(H,23,26)/b8-5+. The molecule has 0 atom stereocenters. The van der Waals surface area contributed by atoms with Gasteiger partial charge in [-0.25, -0.2) is 4.39 Å². The number of amides is 2. The summed E-state index contributed by atoms with van der Waals surface area (Å²) in [5.41, 5.74) is 1.43. The van der Waals surface area contributed by atoms with Crippen molar-refractivity contribution >= 4 is 23.6 Å². The number of carbonyl (C=O) groups excluding carboxylic acids is 2. The van der Waals surface area contributed by atoms with Crippen LogP contribution in [0.1, 0.15) is 5.56 Å². The molecule has 140 valence electrons. The number of hydrogen-bond donors (Lipinski definition) is 1. The van der Waals surface area contributed by atoms with Crippen molar-refractivity contribution in [3.63, 3.8) is 0 Å². The Hall–Kier alpha value is -2.99. The van der Waals surface area contributed by atoms with Crippen LogP contribution in [0.4, 0.5) is 10.1 Å². The van der Waals surface area contributed by atoms with Gasteiger partial charge in [0.15, 0.2) is 0 Å². The largest absolute Gasteiger partial charge is 0.332 e. The van der Waals surface area contributed by atoms with E-state index >= 15 is 0 Å². The molecule has 5 nitrogen and oxygen atoms in total. The highest BCUT2D eigenvalue weighted by Crippen LogP contribution is 2.10.